The summed E-state index contributed by atoms with van der Waals surface area (Å²) in [5, 5.41) is 0. The average Bonchev–Trinajstić information content (AvgIpc) is 2.71. The Morgan fingerprint density at radius 3 is 1.67 bits per heavy atom. The van der Waals surface area contributed by atoms with Gasteiger partial charge in [-0.25, -0.2) is 0 Å². The highest BCUT2D eigenvalue weighted by Crippen LogP contribution is 2.42. The lowest BCUT2D eigenvalue weighted by Crippen LogP contribution is -2.25. The molecule has 0 heterocycles. The number of rotatable bonds is 4. The van der Waals surface area contributed by atoms with Crippen LogP contribution >= 0.6 is 0 Å². The lowest BCUT2D eigenvalue weighted by atomic mass is 9.69. The van der Waals surface area contributed by atoms with E-state index in [2.05, 4.69) is 52.0 Å². The predicted molar refractivity (Wildman–Crippen MR) is 123 cm³/mol. The van der Waals surface area contributed by atoms with Gasteiger partial charge in [0.1, 0.15) is 0 Å². The van der Waals surface area contributed by atoms with Crippen molar-refractivity contribution in [2.75, 3.05) is 0 Å². The molecule has 0 aliphatic heterocycles. The third-order valence-corrected chi connectivity index (χ3v) is 6.58. The van der Waals surface area contributed by atoms with Crippen molar-refractivity contribution in [2.45, 2.75) is 112 Å². The quantitative estimate of drug-likeness (QED) is 0.494. The lowest BCUT2D eigenvalue weighted by Gasteiger charge is -2.37. The Morgan fingerprint density at radius 2 is 1.19 bits per heavy atom. The summed E-state index contributed by atoms with van der Waals surface area (Å²) in [4.78, 5) is 0. The lowest BCUT2D eigenvalue weighted by molar-refractivity contribution is 0.148. The number of aryl methyl sites for hydroxylation is 2. The third-order valence-electron chi connectivity index (χ3n) is 6.58. The highest BCUT2D eigenvalue weighted by atomic mass is 14.3. The van der Waals surface area contributed by atoms with Gasteiger partial charge in [-0.15, -0.1) is 0 Å². The first-order chi connectivity index (χ1) is 13.1. The molecule has 0 saturated heterocycles. The van der Waals surface area contributed by atoms with E-state index in [1.54, 1.807) is 0 Å². The Balaban J connectivity index is 0.000000665. The van der Waals surface area contributed by atoms with Crippen molar-refractivity contribution in [2.24, 2.45) is 23.7 Å². The van der Waals surface area contributed by atoms with Crippen LogP contribution < -0.4 is 0 Å². The molecule has 0 bridgehead atoms. The van der Waals surface area contributed by atoms with Gasteiger partial charge in [-0.05, 0) is 74.7 Å². The van der Waals surface area contributed by atoms with Crippen molar-refractivity contribution >= 4 is 0 Å². The summed E-state index contributed by atoms with van der Waals surface area (Å²) in [7, 11) is 0. The highest BCUT2D eigenvalue weighted by Gasteiger charge is 2.29. The average molecular weight is 373 g/mol. The Labute approximate surface area is 171 Å². The Bertz CT molecular complexity index is 441. The zero-order valence-electron chi connectivity index (χ0n) is 19.4. The van der Waals surface area contributed by atoms with Crippen LogP contribution in [0.4, 0.5) is 0 Å². The molecule has 0 nitrogen and oxygen atoms in total. The second kappa shape index (κ2) is 14.3. The van der Waals surface area contributed by atoms with Gasteiger partial charge in [0.25, 0.3) is 0 Å². The van der Waals surface area contributed by atoms with E-state index < -0.39 is 0 Å². The summed E-state index contributed by atoms with van der Waals surface area (Å²) in [6.07, 6.45) is 16.1. The van der Waals surface area contributed by atoms with Gasteiger partial charge in [-0.1, -0.05) is 96.6 Å². The second-order valence-electron chi connectivity index (χ2n) is 9.03. The van der Waals surface area contributed by atoms with E-state index in [0.717, 1.165) is 23.7 Å². The van der Waals surface area contributed by atoms with E-state index in [-0.39, 0.29) is 0 Å². The molecule has 0 atom stereocenters. The molecular weight excluding hydrogens is 324 g/mol. The molecule has 156 valence electrons. The van der Waals surface area contributed by atoms with E-state index in [4.69, 9.17) is 0 Å². The second-order valence-corrected chi connectivity index (χ2v) is 9.03. The van der Waals surface area contributed by atoms with Gasteiger partial charge in [0.15, 0.2) is 0 Å². The molecule has 3 rings (SSSR count). The van der Waals surface area contributed by atoms with Crippen molar-refractivity contribution in [3.63, 3.8) is 0 Å². The summed E-state index contributed by atoms with van der Waals surface area (Å²) in [5.41, 5.74) is 2.92. The molecule has 2 aliphatic rings. The van der Waals surface area contributed by atoms with Gasteiger partial charge < -0.3 is 0 Å². The zero-order chi connectivity index (χ0) is 20.1. The topological polar surface area (TPSA) is 0 Å². The monoisotopic (exact) mass is 372 g/mol. The van der Waals surface area contributed by atoms with Gasteiger partial charge in [-0.2, -0.15) is 0 Å². The fraction of sp³-hybridized carbons (Fsp3) is 0.778. The first-order valence-corrected chi connectivity index (χ1v) is 12.2. The molecule has 2 aliphatic carbocycles. The molecule has 0 spiro atoms. The van der Waals surface area contributed by atoms with Gasteiger partial charge in [0.05, 0.1) is 0 Å². The molecular formula is C27H48. The van der Waals surface area contributed by atoms with Crippen molar-refractivity contribution in [3.05, 3.63) is 35.4 Å². The van der Waals surface area contributed by atoms with E-state index in [0.29, 0.717) is 0 Å². The molecule has 0 heteroatoms. The summed E-state index contributed by atoms with van der Waals surface area (Å²) in [6.45, 7) is 12.9. The van der Waals surface area contributed by atoms with Crippen molar-refractivity contribution < 1.29 is 0 Å². The van der Waals surface area contributed by atoms with Crippen LogP contribution in [0.3, 0.4) is 0 Å². The molecule has 2 fully saturated rings. The van der Waals surface area contributed by atoms with Gasteiger partial charge >= 0.3 is 0 Å². The van der Waals surface area contributed by atoms with Crippen LogP contribution in [-0.4, -0.2) is 0 Å². The molecule has 0 aromatic heterocycles. The van der Waals surface area contributed by atoms with Crippen LogP contribution in [0.1, 0.15) is 110 Å². The van der Waals surface area contributed by atoms with E-state index in [9.17, 15) is 0 Å². The van der Waals surface area contributed by atoms with Gasteiger partial charge in [0.2, 0.25) is 0 Å². The van der Waals surface area contributed by atoms with Crippen LogP contribution in [0, 0.1) is 30.6 Å². The van der Waals surface area contributed by atoms with Crippen molar-refractivity contribution in [1.82, 2.24) is 0 Å². The third kappa shape index (κ3) is 9.31. The minimum atomic E-state index is 1.00. The first kappa shape index (κ1) is 24.3. The number of hydrogen-bond acceptors (Lipinski definition) is 0. The molecule has 0 amide bonds. The smallest absolute Gasteiger partial charge is 0.0276 e. The molecule has 0 radical (unpaired) electrons. The van der Waals surface area contributed by atoms with E-state index in [1.165, 1.54) is 81.8 Å². The maximum absolute atomic E-state index is 2.44. The molecule has 1 aromatic rings. The maximum atomic E-state index is 2.44. The molecule has 1 aromatic carbocycles. The molecule has 2 saturated carbocycles. The van der Waals surface area contributed by atoms with Crippen LogP contribution in [0.25, 0.3) is 0 Å². The molecule has 0 unspecified atom stereocenters. The predicted octanol–water partition coefficient (Wildman–Crippen LogP) is 9.00. The van der Waals surface area contributed by atoms with Crippen LogP contribution in [0.15, 0.2) is 24.3 Å². The number of hydrogen-bond donors (Lipinski definition) is 0. The summed E-state index contributed by atoms with van der Waals surface area (Å²) >= 11 is 0. The van der Waals surface area contributed by atoms with Crippen molar-refractivity contribution in [1.29, 1.82) is 0 Å². The highest BCUT2D eigenvalue weighted by molar-refractivity contribution is 5.21. The number of benzene rings is 1. The standard InChI is InChI=1S/C22H34.C3H8.C2H6/c1-17-3-7-19(8-4-17)9-10-20-11-15-22(16-12-20)21-13-5-18(2)6-14-21;1-3-2;1-2/h3-4,7-8,18,20-22H,5-6,9-16H2,1-2H3;3H2,1-2H3;1-2H3. The first-order valence-electron chi connectivity index (χ1n) is 12.2. The van der Waals surface area contributed by atoms with Crippen LogP contribution in [0.5, 0.6) is 0 Å². The summed E-state index contributed by atoms with van der Waals surface area (Å²) < 4.78 is 0. The Morgan fingerprint density at radius 1 is 0.741 bits per heavy atom. The summed E-state index contributed by atoms with van der Waals surface area (Å²) in [6, 6.07) is 9.17. The van der Waals surface area contributed by atoms with Crippen molar-refractivity contribution in [3.8, 4) is 0 Å². The minimum absolute atomic E-state index is 1.00. The normalized spacial score (nSPS) is 27.6. The zero-order valence-corrected chi connectivity index (χ0v) is 19.4. The maximum Gasteiger partial charge on any atom is -0.0276 e. The Hall–Kier alpha value is -0.780. The SMILES string of the molecule is CC.CCC.Cc1ccc(CCC2CCC(C3CCC(C)CC3)CC2)cc1. The van der Waals surface area contributed by atoms with Crippen LogP contribution in [-0.2, 0) is 6.42 Å². The fourth-order valence-corrected chi connectivity index (χ4v) is 4.83. The minimum Gasteiger partial charge on any atom is -0.0683 e. The van der Waals surface area contributed by atoms with E-state index >= 15 is 0 Å². The van der Waals surface area contributed by atoms with E-state index in [1.807, 2.05) is 13.8 Å². The molecule has 27 heavy (non-hydrogen) atoms. The Kier molecular flexibility index (Phi) is 12.8. The van der Waals surface area contributed by atoms with Crippen LogP contribution in [0.2, 0.25) is 0 Å². The van der Waals surface area contributed by atoms with Gasteiger partial charge in [0, 0.05) is 0 Å². The largest absolute Gasteiger partial charge is 0.0683 e. The fourth-order valence-electron chi connectivity index (χ4n) is 4.83. The molecule has 0 N–H and O–H groups in total. The summed E-state index contributed by atoms with van der Waals surface area (Å²) in [5.74, 6) is 4.15. The van der Waals surface area contributed by atoms with Gasteiger partial charge in [-0.3, -0.25) is 0 Å².